The van der Waals surface area contributed by atoms with Crippen LogP contribution in [0.3, 0.4) is 0 Å². The van der Waals surface area contributed by atoms with E-state index in [1.807, 2.05) is 0 Å². The Morgan fingerprint density at radius 1 is 1.31 bits per heavy atom. The summed E-state index contributed by atoms with van der Waals surface area (Å²) in [7, 11) is 1.30. The molecule has 1 fully saturated rings. The molecule has 3 aromatic heterocycles. The number of aromatic nitrogens is 6. The van der Waals surface area contributed by atoms with Gasteiger partial charge in [0, 0.05) is 19.9 Å². The van der Waals surface area contributed by atoms with E-state index < -0.39 is 55.0 Å². The molecule has 4 rings (SSSR count). The molecule has 0 aliphatic carbocycles. The van der Waals surface area contributed by atoms with Crippen LogP contribution in [0.4, 0.5) is 10.2 Å². The van der Waals surface area contributed by atoms with Gasteiger partial charge in [0.2, 0.25) is 5.28 Å². The predicted molar refractivity (Wildman–Crippen MR) is 116 cm³/mol. The van der Waals surface area contributed by atoms with E-state index in [9.17, 15) is 29.0 Å². The number of alkyl halides is 1. The molecule has 0 radical (unpaired) electrons. The molecule has 1 aliphatic rings. The number of fused-ring (bicyclic) bond motifs is 1. The highest BCUT2D eigenvalue weighted by Gasteiger charge is 2.50. The maximum Gasteiger partial charge on any atom is 0.354 e. The average molecular weight is 528 g/mol. The minimum absolute atomic E-state index is 0.0229. The highest BCUT2D eigenvalue weighted by atomic mass is 35.5. The largest absolute Gasteiger partial charge is 0.479 e. The van der Waals surface area contributed by atoms with Crippen LogP contribution in [0.1, 0.15) is 28.8 Å². The van der Waals surface area contributed by atoms with E-state index in [1.54, 1.807) is 0 Å². The first-order valence-corrected chi connectivity index (χ1v) is 10.6. The van der Waals surface area contributed by atoms with Crippen molar-refractivity contribution < 1.29 is 43.6 Å². The number of nitrogens with two attached hydrogens (primary N) is 1. The SMILES string of the molecule is Cn1nc(CC(OC[C@@H]2C[C@H](F)[C@H](n3cnc4c(N)nc(Cl)nc43)O2)(C(=O)O)C(=O)O)cc1C(=O)O. The molecule has 17 heteroatoms. The van der Waals surface area contributed by atoms with Crippen molar-refractivity contribution in [2.45, 2.75) is 36.9 Å². The van der Waals surface area contributed by atoms with Gasteiger partial charge >= 0.3 is 17.9 Å². The van der Waals surface area contributed by atoms with Crippen LogP contribution < -0.4 is 5.73 Å². The topological polar surface area (TPSA) is 218 Å². The Kier molecular flexibility index (Phi) is 6.50. The number of carboxylic acid groups (broad SMARTS) is 3. The van der Waals surface area contributed by atoms with Crippen LogP contribution in [-0.2, 0) is 32.5 Å². The summed E-state index contributed by atoms with van der Waals surface area (Å²) in [5.74, 6) is -5.07. The number of carbonyl (C=O) groups is 3. The number of aromatic carboxylic acids is 1. The molecule has 4 heterocycles. The fraction of sp³-hybridized carbons (Fsp3) is 0.421. The van der Waals surface area contributed by atoms with E-state index in [0.717, 1.165) is 10.7 Å². The third kappa shape index (κ3) is 4.40. The molecule has 3 aromatic rings. The number of halogens is 2. The maximum absolute atomic E-state index is 14.9. The minimum Gasteiger partial charge on any atom is -0.479 e. The molecule has 0 unspecified atom stereocenters. The van der Waals surface area contributed by atoms with Crippen LogP contribution in [0.15, 0.2) is 12.4 Å². The summed E-state index contributed by atoms with van der Waals surface area (Å²) in [5.41, 5.74) is 2.77. The van der Waals surface area contributed by atoms with Crippen molar-refractivity contribution in [3.05, 3.63) is 29.1 Å². The Hall–Kier alpha value is -3.89. The van der Waals surface area contributed by atoms with Crippen LogP contribution in [0.5, 0.6) is 0 Å². The van der Waals surface area contributed by atoms with Crippen molar-refractivity contribution in [2.24, 2.45) is 7.05 Å². The molecular weight excluding hydrogens is 509 g/mol. The maximum atomic E-state index is 14.9. The van der Waals surface area contributed by atoms with E-state index >= 15 is 0 Å². The zero-order chi connectivity index (χ0) is 26.4. The molecule has 0 spiro atoms. The van der Waals surface area contributed by atoms with Gasteiger partial charge in [-0.05, 0) is 17.7 Å². The first kappa shape index (κ1) is 25.2. The number of hydrogen-bond donors (Lipinski definition) is 4. The quantitative estimate of drug-likeness (QED) is 0.217. The van der Waals surface area contributed by atoms with Crippen LogP contribution in [-0.4, -0.2) is 87.0 Å². The molecule has 1 aliphatic heterocycles. The molecule has 36 heavy (non-hydrogen) atoms. The van der Waals surface area contributed by atoms with Gasteiger partial charge in [-0.1, -0.05) is 0 Å². The first-order valence-electron chi connectivity index (χ1n) is 10.2. The summed E-state index contributed by atoms with van der Waals surface area (Å²) in [4.78, 5) is 47.0. The molecule has 1 saturated heterocycles. The van der Waals surface area contributed by atoms with Gasteiger partial charge in [-0.2, -0.15) is 15.1 Å². The van der Waals surface area contributed by atoms with Crippen LogP contribution in [0.25, 0.3) is 11.2 Å². The third-order valence-corrected chi connectivity index (χ3v) is 5.78. The van der Waals surface area contributed by atoms with E-state index in [-0.39, 0.29) is 40.1 Å². The number of ether oxygens (including phenoxy) is 2. The van der Waals surface area contributed by atoms with Gasteiger partial charge in [-0.25, -0.2) is 23.8 Å². The zero-order valence-corrected chi connectivity index (χ0v) is 19.2. The lowest BCUT2D eigenvalue weighted by molar-refractivity contribution is -0.188. The van der Waals surface area contributed by atoms with Crippen molar-refractivity contribution in [1.82, 2.24) is 29.3 Å². The normalized spacial score (nSPS) is 20.1. The molecule has 0 bridgehead atoms. The van der Waals surface area contributed by atoms with Crippen molar-refractivity contribution in [1.29, 1.82) is 0 Å². The third-order valence-electron chi connectivity index (χ3n) is 5.61. The van der Waals surface area contributed by atoms with Gasteiger partial charge in [0.25, 0.3) is 5.60 Å². The molecule has 5 N–H and O–H groups in total. The van der Waals surface area contributed by atoms with Gasteiger partial charge in [0.05, 0.1) is 24.7 Å². The summed E-state index contributed by atoms with van der Waals surface area (Å²) in [6, 6.07) is 1.04. The number of aryl methyl sites for hydroxylation is 1. The lowest BCUT2D eigenvalue weighted by Gasteiger charge is -2.26. The van der Waals surface area contributed by atoms with Gasteiger partial charge in [0.15, 0.2) is 17.7 Å². The van der Waals surface area contributed by atoms with Gasteiger partial charge in [-0.15, -0.1) is 0 Å². The number of imidazole rings is 1. The van der Waals surface area contributed by atoms with E-state index in [4.69, 9.17) is 31.9 Å². The van der Waals surface area contributed by atoms with Crippen molar-refractivity contribution in [3.8, 4) is 0 Å². The number of hydrogen-bond acceptors (Lipinski definition) is 10. The second-order valence-electron chi connectivity index (χ2n) is 7.98. The van der Waals surface area contributed by atoms with Crippen LogP contribution >= 0.6 is 11.6 Å². The Bertz CT molecular complexity index is 1350. The second-order valence-corrected chi connectivity index (χ2v) is 8.32. The fourth-order valence-electron chi connectivity index (χ4n) is 3.87. The van der Waals surface area contributed by atoms with Gasteiger partial charge < -0.3 is 30.5 Å². The molecule has 0 saturated carbocycles. The summed E-state index contributed by atoms with van der Waals surface area (Å²) in [6.45, 7) is -0.612. The highest BCUT2D eigenvalue weighted by molar-refractivity contribution is 6.28. The lowest BCUT2D eigenvalue weighted by Crippen LogP contribution is -2.52. The minimum atomic E-state index is -2.84. The first-order chi connectivity index (χ1) is 16.9. The molecule has 0 aromatic carbocycles. The monoisotopic (exact) mass is 527 g/mol. The summed E-state index contributed by atoms with van der Waals surface area (Å²) >= 11 is 5.83. The number of rotatable bonds is 9. The van der Waals surface area contributed by atoms with E-state index in [2.05, 4.69) is 20.1 Å². The average Bonchev–Trinajstić information content (AvgIpc) is 3.47. The highest BCUT2D eigenvalue weighted by Crippen LogP contribution is 2.35. The summed E-state index contributed by atoms with van der Waals surface area (Å²) in [5, 5.41) is 32.3. The Morgan fingerprint density at radius 3 is 2.61 bits per heavy atom. The molecule has 0 amide bonds. The zero-order valence-electron chi connectivity index (χ0n) is 18.4. The van der Waals surface area contributed by atoms with E-state index in [0.29, 0.717) is 0 Å². The standard InChI is InChI=1S/C19H19ClFN7O8/c1-27-10(15(29)30)2-7(26-27)4-19(16(31)32,17(33)34)35-5-8-3-9(21)14(36-8)28-6-23-11-12(22)24-18(20)25-13(11)28/h2,6,8-9,14H,3-5H2,1H3,(H,29,30)(H,31,32)(H,33,34)(H2,22,24,25)/t8-,9-,14+/m0/s1. The van der Waals surface area contributed by atoms with Crippen LogP contribution in [0, 0.1) is 0 Å². The number of aliphatic carboxylic acids is 2. The van der Waals surface area contributed by atoms with Gasteiger partial charge in [0.1, 0.15) is 17.4 Å². The smallest absolute Gasteiger partial charge is 0.354 e. The summed E-state index contributed by atoms with van der Waals surface area (Å²) in [6.07, 6.45) is -3.76. The predicted octanol–water partition coefficient (Wildman–Crippen LogP) is 0.287. The van der Waals surface area contributed by atoms with Crippen molar-refractivity contribution >= 4 is 46.5 Å². The fourth-order valence-corrected chi connectivity index (χ4v) is 4.04. The Labute approximate surface area is 205 Å². The Morgan fingerprint density at radius 2 is 2.00 bits per heavy atom. The number of anilines is 1. The molecule has 3 atom stereocenters. The number of nitrogen functional groups attached to an aromatic ring is 1. The summed E-state index contributed by atoms with van der Waals surface area (Å²) < 4.78 is 28.1. The Balaban J connectivity index is 1.54. The molecular formula is C19H19ClFN7O8. The van der Waals surface area contributed by atoms with Gasteiger partial charge in [-0.3, -0.25) is 9.25 Å². The molecule has 15 nitrogen and oxygen atoms in total. The van der Waals surface area contributed by atoms with E-state index in [1.165, 1.54) is 17.9 Å². The molecule has 192 valence electrons. The number of nitrogens with zero attached hydrogens (tertiary/aromatic N) is 6. The second kappa shape index (κ2) is 9.29. The van der Waals surface area contributed by atoms with Crippen molar-refractivity contribution in [2.75, 3.05) is 12.3 Å². The van der Waals surface area contributed by atoms with Crippen LogP contribution in [0.2, 0.25) is 5.28 Å². The number of carboxylic acids is 3. The lowest BCUT2D eigenvalue weighted by atomic mass is 9.97. The van der Waals surface area contributed by atoms with Crippen molar-refractivity contribution in [3.63, 3.8) is 0 Å².